The molecule has 0 amide bonds. The molecule has 1 saturated heterocycles. The lowest BCUT2D eigenvalue weighted by atomic mass is 9.75. The van der Waals surface area contributed by atoms with Gasteiger partial charge in [0.1, 0.15) is 17.5 Å². The van der Waals surface area contributed by atoms with Crippen LogP contribution in [0.3, 0.4) is 0 Å². The van der Waals surface area contributed by atoms with E-state index < -0.39 is 11.3 Å². The van der Waals surface area contributed by atoms with Gasteiger partial charge in [0.25, 0.3) is 0 Å². The third-order valence-corrected chi connectivity index (χ3v) is 4.79. The summed E-state index contributed by atoms with van der Waals surface area (Å²) in [7, 11) is 1.62. The number of methoxy groups -OCH3 is 1. The van der Waals surface area contributed by atoms with Crippen molar-refractivity contribution in [2.45, 2.75) is 56.0 Å². The minimum atomic E-state index is -1.38. The molecular weight excluding hydrogens is 270 g/mol. The van der Waals surface area contributed by atoms with E-state index in [1.54, 1.807) is 7.11 Å². The highest BCUT2D eigenvalue weighted by atomic mass is 16.7. The fourth-order valence-electron chi connectivity index (χ4n) is 3.36. The van der Waals surface area contributed by atoms with Gasteiger partial charge in [-0.25, -0.2) is 0 Å². The van der Waals surface area contributed by atoms with Gasteiger partial charge >= 0.3 is 0 Å². The standard InChI is InChI=1S/C16H23NO4/c1-20-13-7-5-12(6-8-13)14-11-16(19,17-21-14)15(18)9-3-2-4-10-15/h5-8,14,17-19H,2-4,9-11H2,1H3. The summed E-state index contributed by atoms with van der Waals surface area (Å²) in [6.07, 6.45) is 4.27. The number of aliphatic hydroxyl groups is 2. The van der Waals surface area contributed by atoms with E-state index in [2.05, 4.69) is 5.48 Å². The molecule has 2 unspecified atom stereocenters. The molecule has 0 bridgehead atoms. The van der Waals surface area contributed by atoms with E-state index in [1.165, 1.54) is 0 Å². The normalized spacial score (nSPS) is 32.0. The van der Waals surface area contributed by atoms with Gasteiger partial charge in [-0.1, -0.05) is 31.4 Å². The molecule has 3 N–H and O–H groups in total. The van der Waals surface area contributed by atoms with Crippen LogP contribution in [-0.2, 0) is 4.84 Å². The third-order valence-electron chi connectivity index (χ3n) is 4.79. The van der Waals surface area contributed by atoms with Crippen LogP contribution in [0.25, 0.3) is 0 Å². The molecule has 2 aliphatic rings. The molecule has 3 rings (SSSR count). The second kappa shape index (κ2) is 5.57. The smallest absolute Gasteiger partial charge is 0.169 e. The summed E-state index contributed by atoms with van der Waals surface area (Å²) in [6.45, 7) is 0. The Morgan fingerprint density at radius 2 is 1.81 bits per heavy atom. The molecule has 1 aromatic carbocycles. The zero-order valence-corrected chi connectivity index (χ0v) is 12.3. The predicted octanol–water partition coefficient (Wildman–Crippen LogP) is 2.04. The third kappa shape index (κ3) is 2.66. The van der Waals surface area contributed by atoms with Crippen LogP contribution in [0.1, 0.15) is 50.2 Å². The molecule has 5 nitrogen and oxygen atoms in total. The Balaban J connectivity index is 1.74. The van der Waals surface area contributed by atoms with Crippen molar-refractivity contribution in [1.29, 1.82) is 0 Å². The van der Waals surface area contributed by atoms with Gasteiger partial charge in [0.05, 0.1) is 7.11 Å². The molecule has 1 aliphatic heterocycles. The van der Waals surface area contributed by atoms with Crippen LogP contribution >= 0.6 is 0 Å². The first-order chi connectivity index (χ1) is 10.1. The second-order valence-corrected chi connectivity index (χ2v) is 6.14. The Morgan fingerprint density at radius 1 is 1.14 bits per heavy atom. The molecule has 1 saturated carbocycles. The maximum Gasteiger partial charge on any atom is 0.169 e. The van der Waals surface area contributed by atoms with E-state index in [1.807, 2.05) is 24.3 Å². The first-order valence-corrected chi connectivity index (χ1v) is 7.58. The average Bonchev–Trinajstić information content (AvgIpc) is 2.92. The van der Waals surface area contributed by atoms with Gasteiger partial charge in [0.15, 0.2) is 5.72 Å². The molecule has 21 heavy (non-hydrogen) atoms. The predicted molar refractivity (Wildman–Crippen MR) is 77.6 cm³/mol. The molecule has 0 aromatic heterocycles. The Morgan fingerprint density at radius 3 is 2.43 bits per heavy atom. The van der Waals surface area contributed by atoms with Gasteiger partial charge < -0.3 is 14.9 Å². The number of rotatable bonds is 3. The van der Waals surface area contributed by atoms with Gasteiger partial charge in [0, 0.05) is 6.42 Å². The first kappa shape index (κ1) is 14.8. The molecule has 5 heteroatoms. The van der Waals surface area contributed by atoms with Crippen molar-refractivity contribution in [3.05, 3.63) is 29.8 Å². The average molecular weight is 293 g/mol. The summed E-state index contributed by atoms with van der Waals surface area (Å²) in [6, 6.07) is 7.57. The Labute approximate surface area is 124 Å². The zero-order valence-electron chi connectivity index (χ0n) is 12.3. The zero-order chi connectivity index (χ0) is 14.9. The summed E-state index contributed by atoms with van der Waals surface area (Å²) in [5.74, 6) is 0.783. The lowest BCUT2D eigenvalue weighted by Crippen LogP contribution is -2.60. The molecule has 0 radical (unpaired) electrons. The van der Waals surface area contributed by atoms with Crippen molar-refractivity contribution < 1.29 is 19.8 Å². The molecule has 2 fully saturated rings. The van der Waals surface area contributed by atoms with Gasteiger partial charge in [-0.15, -0.1) is 0 Å². The van der Waals surface area contributed by atoms with E-state index in [4.69, 9.17) is 9.57 Å². The summed E-state index contributed by atoms with van der Waals surface area (Å²) in [4.78, 5) is 5.55. The van der Waals surface area contributed by atoms with E-state index in [-0.39, 0.29) is 6.10 Å². The van der Waals surface area contributed by atoms with Crippen LogP contribution < -0.4 is 10.2 Å². The topological polar surface area (TPSA) is 71.0 Å². The summed E-state index contributed by atoms with van der Waals surface area (Å²) < 4.78 is 5.14. The highest BCUT2D eigenvalue weighted by Gasteiger charge is 2.54. The molecule has 116 valence electrons. The monoisotopic (exact) mass is 293 g/mol. The van der Waals surface area contributed by atoms with Gasteiger partial charge in [0.2, 0.25) is 0 Å². The van der Waals surface area contributed by atoms with E-state index >= 15 is 0 Å². The molecule has 1 heterocycles. The number of nitrogens with one attached hydrogen (secondary N) is 1. The van der Waals surface area contributed by atoms with Crippen molar-refractivity contribution in [2.24, 2.45) is 0 Å². The Kier molecular flexibility index (Phi) is 3.92. The van der Waals surface area contributed by atoms with Crippen molar-refractivity contribution in [3.63, 3.8) is 0 Å². The van der Waals surface area contributed by atoms with Crippen LogP contribution in [0.5, 0.6) is 5.75 Å². The van der Waals surface area contributed by atoms with Gasteiger partial charge in [-0.05, 0) is 30.5 Å². The number of hydrogen-bond acceptors (Lipinski definition) is 5. The van der Waals surface area contributed by atoms with Gasteiger partial charge in [-0.2, -0.15) is 5.48 Å². The lowest BCUT2D eigenvalue weighted by Gasteiger charge is -2.42. The van der Waals surface area contributed by atoms with Crippen molar-refractivity contribution >= 4 is 0 Å². The van der Waals surface area contributed by atoms with Crippen LogP contribution in [0.4, 0.5) is 0 Å². The highest BCUT2D eigenvalue weighted by molar-refractivity contribution is 5.29. The second-order valence-electron chi connectivity index (χ2n) is 6.14. The number of benzene rings is 1. The number of ether oxygens (including phenoxy) is 1. The largest absolute Gasteiger partial charge is 0.497 e. The summed E-state index contributed by atoms with van der Waals surface area (Å²) >= 11 is 0. The van der Waals surface area contributed by atoms with Crippen LogP contribution in [0, 0.1) is 0 Å². The van der Waals surface area contributed by atoms with E-state index in [9.17, 15) is 10.2 Å². The number of hydroxylamine groups is 1. The summed E-state index contributed by atoms with van der Waals surface area (Å²) in [5, 5.41) is 21.6. The fraction of sp³-hybridized carbons (Fsp3) is 0.625. The van der Waals surface area contributed by atoms with E-state index in [0.29, 0.717) is 19.3 Å². The fourth-order valence-corrected chi connectivity index (χ4v) is 3.36. The van der Waals surface area contributed by atoms with Crippen molar-refractivity contribution in [1.82, 2.24) is 5.48 Å². The Hall–Kier alpha value is -1.14. The molecule has 0 spiro atoms. The van der Waals surface area contributed by atoms with Crippen LogP contribution in [0.15, 0.2) is 24.3 Å². The molecule has 1 aliphatic carbocycles. The lowest BCUT2D eigenvalue weighted by molar-refractivity contribution is -0.202. The maximum absolute atomic E-state index is 10.8. The minimum Gasteiger partial charge on any atom is -0.497 e. The first-order valence-electron chi connectivity index (χ1n) is 7.58. The minimum absolute atomic E-state index is 0.271. The van der Waals surface area contributed by atoms with Crippen molar-refractivity contribution in [3.8, 4) is 5.75 Å². The summed E-state index contributed by atoms with van der Waals surface area (Å²) in [5.41, 5.74) is 1.17. The SMILES string of the molecule is COc1ccc(C2CC(O)(C3(O)CCCCC3)NO2)cc1. The van der Waals surface area contributed by atoms with Crippen LogP contribution in [0.2, 0.25) is 0 Å². The molecular formula is C16H23NO4. The Bertz CT molecular complexity index is 484. The highest BCUT2D eigenvalue weighted by Crippen LogP contribution is 2.44. The molecule has 2 atom stereocenters. The van der Waals surface area contributed by atoms with E-state index in [0.717, 1.165) is 30.6 Å². The molecule has 1 aromatic rings. The number of hydrogen-bond donors (Lipinski definition) is 3. The quantitative estimate of drug-likeness (QED) is 0.795. The van der Waals surface area contributed by atoms with Crippen molar-refractivity contribution in [2.75, 3.05) is 7.11 Å². The van der Waals surface area contributed by atoms with Crippen LogP contribution in [-0.4, -0.2) is 28.6 Å². The maximum atomic E-state index is 10.8. The van der Waals surface area contributed by atoms with Gasteiger partial charge in [-0.3, -0.25) is 4.84 Å².